The Kier molecular flexibility index (Phi) is 6.71. The number of hydrogen-bond donors (Lipinski definition) is 1. The highest BCUT2D eigenvalue weighted by molar-refractivity contribution is 5.68. The number of methoxy groups -OCH3 is 2. The van der Waals surface area contributed by atoms with Crippen molar-refractivity contribution in [3.05, 3.63) is 0 Å². The Balaban J connectivity index is 2.28. The van der Waals surface area contributed by atoms with Gasteiger partial charge >= 0.3 is 6.09 Å². The van der Waals surface area contributed by atoms with Crippen LogP contribution in [0.25, 0.3) is 0 Å². The van der Waals surface area contributed by atoms with Gasteiger partial charge in [-0.15, -0.1) is 0 Å². The van der Waals surface area contributed by atoms with E-state index in [1.54, 1.807) is 19.1 Å². The molecule has 0 aromatic carbocycles. The number of rotatable bonds is 5. The van der Waals surface area contributed by atoms with E-state index >= 15 is 0 Å². The zero-order valence-electron chi connectivity index (χ0n) is 13.3. The summed E-state index contributed by atoms with van der Waals surface area (Å²) < 4.78 is 15.6. The molecule has 0 radical (unpaired) electrons. The summed E-state index contributed by atoms with van der Waals surface area (Å²) in [6, 6.07) is 0.390. The van der Waals surface area contributed by atoms with Crippen molar-refractivity contribution < 1.29 is 19.0 Å². The summed E-state index contributed by atoms with van der Waals surface area (Å²) in [6.45, 7) is 7.75. The quantitative estimate of drug-likeness (QED) is 0.779. The third kappa shape index (κ3) is 6.07. The fourth-order valence-corrected chi connectivity index (χ4v) is 2.12. The van der Waals surface area contributed by atoms with Crippen molar-refractivity contribution in [3.63, 3.8) is 0 Å². The molecule has 118 valence electrons. The topological polar surface area (TPSA) is 60.0 Å². The summed E-state index contributed by atoms with van der Waals surface area (Å²) in [4.78, 5) is 13.7. The summed E-state index contributed by atoms with van der Waals surface area (Å²) in [5, 5.41) is 3.40. The van der Waals surface area contributed by atoms with Gasteiger partial charge in [-0.2, -0.15) is 0 Å². The lowest BCUT2D eigenvalue weighted by atomic mass is 10.1. The third-order valence-electron chi connectivity index (χ3n) is 3.25. The van der Waals surface area contributed by atoms with E-state index in [-0.39, 0.29) is 12.4 Å². The number of nitrogens with zero attached hydrogens (tertiary/aromatic N) is 1. The maximum absolute atomic E-state index is 11.9. The molecule has 0 unspecified atom stereocenters. The highest BCUT2D eigenvalue weighted by Gasteiger charge is 2.26. The summed E-state index contributed by atoms with van der Waals surface area (Å²) in [5.41, 5.74) is -0.434. The number of amides is 1. The van der Waals surface area contributed by atoms with Crippen LogP contribution in [-0.4, -0.2) is 62.8 Å². The third-order valence-corrected chi connectivity index (χ3v) is 3.25. The predicted octanol–water partition coefficient (Wildman–Crippen LogP) is 1.59. The normalized spacial score (nSPS) is 17.6. The summed E-state index contributed by atoms with van der Waals surface area (Å²) in [6.07, 6.45) is 1.39. The van der Waals surface area contributed by atoms with Crippen LogP contribution in [-0.2, 0) is 14.2 Å². The second-order valence-corrected chi connectivity index (χ2v) is 6.05. The van der Waals surface area contributed by atoms with Crippen molar-refractivity contribution in [1.29, 1.82) is 0 Å². The van der Waals surface area contributed by atoms with Gasteiger partial charge in [0.05, 0.1) is 0 Å². The highest BCUT2D eigenvalue weighted by Crippen LogP contribution is 2.15. The van der Waals surface area contributed by atoms with Crippen LogP contribution in [0.1, 0.15) is 33.6 Å². The van der Waals surface area contributed by atoms with E-state index in [0.29, 0.717) is 12.6 Å². The molecule has 1 heterocycles. The molecule has 0 atom stereocenters. The molecule has 0 spiro atoms. The average Bonchev–Trinajstić information content (AvgIpc) is 2.38. The minimum absolute atomic E-state index is 0.220. The number of hydrogen-bond acceptors (Lipinski definition) is 5. The van der Waals surface area contributed by atoms with E-state index in [2.05, 4.69) is 5.32 Å². The average molecular weight is 288 g/mol. The van der Waals surface area contributed by atoms with Gasteiger partial charge in [-0.3, -0.25) is 0 Å². The lowest BCUT2D eigenvalue weighted by Gasteiger charge is -2.34. The number of likely N-dealkylation sites (tertiary alicyclic amines) is 1. The molecule has 1 aliphatic heterocycles. The van der Waals surface area contributed by atoms with E-state index in [1.165, 1.54) is 0 Å². The van der Waals surface area contributed by atoms with Gasteiger partial charge in [0.15, 0.2) is 6.29 Å². The first-order valence-corrected chi connectivity index (χ1v) is 7.12. The monoisotopic (exact) mass is 288 g/mol. The first-order valence-electron chi connectivity index (χ1n) is 7.12. The molecule has 20 heavy (non-hydrogen) atoms. The summed E-state index contributed by atoms with van der Waals surface area (Å²) in [5.74, 6) is 0. The molecular formula is C14H28N2O4. The van der Waals surface area contributed by atoms with Crippen LogP contribution in [0.15, 0.2) is 0 Å². The number of piperidine rings is 1. The number of nitrogens with one attached hydrogen (secondary N) is 1. The zero-order valence-corrected chi connectivity index (χ0v) is 13.3. The Bertz CT molecular complexity index is 292. The molecule has 0 aromatic heterocycles. The molecule has 6 nitrogen and oxygen atoms in total. The fourth-order valence-electron chi connectivity index (χ4n) is 2.12. The van der Waals surface area contributed by atoms with E-state index in [1.807, 2.05) is 20.8 Å². The standard InChI is InChI=1S/C14H28N2O4/c1-14(2,3)20-13(17)16-8-6-11(7-9-16)15-10-12(18-4)19-5/h11-12,15H,6-10H2,1-5H3. The maximum atomic E-state index is 11.9. The van der Waals surface area contributed by atoms with Crippen LogP contribution >= 0.6 is 0 Å². The SMILES string of the molecule is COC(CNC1CCN(C(=O)OC(C)(C)C)CC1)OC. The second kappa shape index (κ2) is 7.81. The molecule has 1 N–H and O–H groups in total. The molecule has 0 aromatic rings. The van der Waals surface area contributed by atoms with E-state index in [0.717, 1.165) is 25.9 Å². The fraction of sp³-hybridized carbons (Fsp3) is 0.929. The first-order chi connectivity index (χ1) is 9.35. The van der Waals surface area contributed by atoms with Crippen molar-refractivity contribution in [3.8, 4) is 0 Å². The lowest BCUT2D eigenvalue weighted by Crippen LogP contribution is -2.48. The Morgan fingerprint density at radius 1 is 1.25 bits per heavy atom. The van der Waals surface area contributed by atoms with Gasteiger partial charge in [-0.05, 0) is 33.6 Å². The molecule has 1 amide bonds. The smallest absolute Gasteiger partial charge is 0.410 e. The van der Waals surface area contributed by atoms with Crippen molar-refractivity contribution >= 4 is 6.09 Å². The van der Waals surface area contributed by atoms with Crippen molar-refractivity contribution in [2.45, 2.75) is 51.5 Å². The van der Waals surface area contributed by atoms with Crippen LogP contribution in [0.3, 0.4) is 0 Å². The van der Waals surface area contributed by atoms with Crippen molar-refractivity contribution in [2.24, 2.45) is 0 Å². The molecule has 1 rings (SSSR count). The number of carbonyl (C=O) groups excluding carboxylic acids is 1. The predicted molar refractivity (Wildman–Crippen MR) is 76.6 cm³/mol. The molecule has 1 fully saturated rings. The van der Waals surface area contributed by atoms with Crippen LogP contribution in [0.5, 0.6) is 0 Å². The van der Waals surface area contributed by atoms with Gasteiger partial charge in [0.25, 0.3) is 0 Å². The molecule has 0 saturated carbocycles. The molecule has 6 heteroatoms. The van der Waals surface area contributed by atoms with Gasteiger partial charge in [-0.1, -0.05) is 0 Å². The Hall–Kier alpha value is -0.850. The van der Waals surface area contributed by atoms with Crippen molar-refractivity contribution in [2.75, 3.05) is 33.9 Å². The molecule has 1 aliphatic rings. The van der Waals surface area contributed by atoms with Gasteiger partial charge in [0.2, 0.25) is 0 Å². The maximum Gasteiger partial charge on any atom is 0.410 e. The van der Waals surface area contributed by atoms with E-state index < -0.39 is 5.60 Å². The highest BCUT2D eigenvalue weighted by atomic mass is 16.7. The van der Waals surface area contributed by atoms with Crippen LogP contribution in [0.4, 0.5) is 4.79 Å². The second-order valence-electron chi connectivity index (χ2n) is 6.05. The molecular weight excluding hydrogens is 260 g/mol. The van der Waals surface area contributed by atoms with E-state index in [9.17, 15) is 4.79 Å². The van der Waals surface area contributed by atoms with Gasteiger partial charge in [0, 0.05) is 39.9 Å². The van der Waals surface area contributed by atoms with E-state index in [4.69, 9.17) is 14.2 Å². The number of carbonyl (C=O) groups is 1. The molecule has 1 saturated heterocycles. The lowest BCUT2D eigenvalue weighted by molar-refractivity contribution is -0.100. The largest absolute Gasteiger partial charge is 0.444 e. The Morgan fingerprint density at radius 3 is 2.25 bits per heavy atom. The van der Waals surface area contributed by atoms with Crippen LogP contribution < -0.4 is 5.32 Å². The minimum Gasteiger partial charge on any atom is -0.444 e. The number of ether oxygens (including phenoxy) is 3. The van der Waals surface area contributed by atoms with Crippen LogP contribution in [0.2, 0.25) is 0 Å². The Labute approximate surface area is 121 Å². The Morgan fingerprint density at radius 2 is 1.80 bits per heavy atom. The first kappa shape index (κ1) is 17.2. The summed E-state index contributed by atoms with van der Waals surface area (Å²) >= 11 is 0. The van der Waals surface area contributed by atoms with Gasteiger partial charge in [-0.25, -0.2) is 4.79 Å². The van der Waals surface area contributed by atoms with Gasteiger partial charge < -0.3 is 24.4 Å². The van der Waals surface area contributed by atoms with Gasteiger partial charge in [0.1, 0.15) is 5.60 Å². The minimum atomic E-state index is -0.434. The van der Waals surface area contributed by atoms with Crippen LogP contribution in [0, 0.1) is 0 Å². The zero-order chi connectivity index (χ0) is 15.2. The molecule has 0 aliphatic carbocycles. The van der Waals surface area contributed by atoms with Crippen molar-refractivity contribution in [1.82, 2.24) is 10.2 Å². The molecule has 0 bridgehead atoms. The summed E-state index contributed by atoms with van der Waals surface area (Å²) in [7, 11) is 3.25.